The molecule has 6 nitrogen and oxygen atoms in total. The highest BCUT2D eigenvalue weighted by molar-refractivity contribution is 6.06. The van der Waals surface area contributed by atoms with Gasteiger partial charge < -0.3 is 10.6 Å². The second-order valence-corrected chi connectivity index (χ2v) is 4.26. The number of nitrogens with one attached hydrogen (secondary N) is 2. The lowest BCUT2D eigenvalue weighted by Crippen LogP contribution is -2.38. The molecule has 2 N–H and O–H groups in total. The van der Waals surface area contributed by atoms with Crippen molar-refractivity contribution < 1.29 is 27.6 Å². The summed E-state index contributed by atoms with van der Waals surface area (Å²) in [5.41, 5.74) is -0.699. The van der Waals surface area contributed by atoms with E-state index in [0.717, 1.165) is 29.2 Å². The molecular weight excluding hydrogens is 291 g/mol. The number of hydrogen-bond acceptors (Lipinski definition) is 3. The van der Waals surface area contributed by atoms with Gasteiger partial charge in [-0.05, 0) is 24.3 Å². The SMILES string of the molecule is O=C(CN1C(=O)CNC1=O)Nc1ccc(C(F)(F)F)cc1. The minimum Gasteiger partial charge on any atom is -0.329 e. The van der Waals surface area contributed by atoms with Gasteiger partial charge in [-0.15, -0.1) is 0 Å². The molecule has 0 saturated carbocycles. The smallest absolute Gasteiger partial charge is 0.329 e. The predicted octanol–water partition coefficient (Wildman–Crippen LogP) is 1.20. The summed E-state index contributed by atoms with van der Waals surface area (Å²) in [4.78, 5) is 34.8. The van der Waals surface area contributed by atoms with Crippen LogP contribution in [0.4, 0.5) is 23.7 Å². The number of carbonyl (C=O) groups is 3. The lowest BCUT2D eigenvalue weighted by molar-refractivity contribution is -0.137. The van der Waals surface area contributed by atoms with E-state index >= 15 is 0 Å². The van der Waals surface area contributed by atoms with Crippen molar-refractivity contribution in [3.63, 3.8) is 0 Å². The van der Waals surface area contributed by atoms with Crippen LogP contribution >= 0.6 is 0 Å². The van der Waals surface area contributed by atoms with Gasteiger partial charge in [0.05, 0.1) is 12.1 Å². The fourth-order valence-corrected chi connectivity index (χ4v) is 1.70. The van der Waals surface area contributed by atoms with Crippen molar-refractivity contribution in [1.82, 2.24) is 10.2 Å². The fraction of sp³-hybridized carbons (Fsp3) is 0.250. The minimum absolute atomic E-state index is 0.139. The third-order valence-electron chi connectivity index (χ3n) is 2.73. The molecule has 0 spiro atoms. The van der Waals surface area contributed by atoms with Gasteiger partial charge in [-0.3, -0.25) is 14.5 Å². The predicted molar refractivity (Wildman–Crippen MR) is 65.2 cm³/mol. The normalized spacial score (nSPS) is 15.1. The zero-order valence-corrected chi connectivity index (χ0v) is 10.5. The summed E-state index contributed by atoms with van der Waals surface area (Å²) in [5, 5.41) is 4.55. The molecule has 1 heterocycles. The molecule has 1 fully saturated rings. The Bertz CT molecular complexity index is 568. The number of benzene rings is 1. The number of rotatable bonds is 3. The van der Waals surface area contributed by atoms with Crippen molar-refractivity contribution in [2.75, 3.05) is 18.4 Å². The van der Waals surface area contributed by atoms with Crippen LogP contribution < -0.4 is 10.6 Å². The number of halogens is 3. The third kappa shape index (κ3) is 3.50. The van der Waals surface area contributed by atoms with E-state index < -0.39 is 36.1 Å². The van der Waals surface area contributed by atoms with Crippen LogP contribution in [-0.2, 0) is 15.8 Å². The highest BCUT2D eigenvalue weighted by Gasteiger charge is 2.31. The van der Waals surface area contributed by atoms with Gasteiger partial charge in [-0.25, -0.2) is 4.79 Å². The number of nitrogens with zero attached hydrogens (tertiary/aromatic N) is 1. The van der Waals surface area contributed by atoms with Gasteiger partial charge in [0.15, 0.2) is 0 Å². The summed E-state index contributed by atoms with van der Waals surface area (Å²) >= 11 is 0. The quantitative estimate of drug-likeness (QED) is 0.823. The largest absolute Gasteiger partial charge is 0.416 e. The van der Waals surface area contributed by atoms with Gasteiger partial charge in [0.1, 0.15) is 6.54 Å². The topological polar surface area (TPSA) is 78.5 Å². The van der Waals surface area contributed by atoms with Crippen LogP contribution in [0.3, 0.4) is 0 Å². The van der Waals surface area contributed by atoms with Crippen molar-refractivity contribution >= 4 is 23.5 Å². The maximum atomic E-state index is 12.4. The molecular formula is C12H10F3N3O3. The maximum absolute atomic E-state index is 12.4. The van der Waals surface area contributed by atoms with Gasteiger partial charge >= 0.3 is 12.2 Å². The molecule has 9 heteroatoms. The molecule has 2 rings (SSSR count). The second kappa shape index (κ2) is 5.43. The van der Waals surface area contributed by atoms with Crippen LogP contribution in [0, 0.1) is 0 Å². The molecule has 21 heavy (non-hydrogen) atoms. The Morgan fingerprint density at radius 3 is 2.33 bits per heavy atom. The molecule has 1 aliphatic rings. The molecule has 0 bridgehead atoms. The van der Waals surface area contributed by atoms with Gasteiger partial charge in [0.2, 0.25) is 5.91 Å². The van der Waals surface area contributed by atoms with E-state index in [1.54, 1.807) is 0 Å². The van der Waals surface area contributed by atoms with Crippen LogP contribution in [0.5, 0.6) is 0 Å². The number of amides is 4. The van der Waals surface area contributed by atoms with Crippen LogP contribution in [0.1, 0.15) is 5.56 Å². The fourth-order valence-electron chi connectivity index (χ4n) is 1.70. The summed E-state index contributed by atoms with van der Waals surface area (Å²) in [5.74, 6) is -1.22. The average Bonchev–Trinajstić information content (AvgIpc) is 2.70. The number of anilines is 1. The molecule has 0 aliphatic carbocycles. The van der Waals surface area contributed by atoms with E-state index in [9.17, 15) is 27.6 Å². The first-order chi connectivity index (χ1) is 9.77. The average molecular weight is 301 g/mol. The zero-order chi connectivity index (χ0) is 15.6. The Balaban J connectivity index is 1.97. The van der Waals surface area contributed by atoms with Gasteiger partial charge in [-0.1, -0.05) is 0 Å². The number of carbonyl (C=O) groups excluding carboxylic acids is 3. The third-order valence-corrected chi connectivity index (χ3v) is 2.73. The standard InChI is InChI=1S/C12H10F3N3O3/c13-12(14,15)7-1-3-8(4-2-7)17-9(19)6-18-10(20)5-16-11(18)21/h1-4H,5-6H2,(H,16,21)(H,17,19). The van der Waals surface area contributed by atoms with Crippen molar-refractivity contribution in [3.8, 4) is 0 Å². The highest BCUT2D eigenvalue weighted by Crippen LogP contribution is 2.29. The molecule has 0 aromatic heterocycles. The van der Waals surface area contributed by atoms with E-state index in [-0.39, 0.29) is 12.2 Å². The number of imide groups is 1. The summed E-state index contributed by atoms with van der Waals surface area (Å²) in [6, 6.07) is 3.15. The van der Waals surface area contributed by atoms with Crippen molar-refractivity contribution in [1.29, 1.82) is 0 Å². The van der Waals surface area contributed by atoms with Gasteiger partial charge in [0, 0.05) is 5.69 Å². The lowest BCUT2D eigenvalue weighted by Gasteiger charge is -2.12. The zero-order valence-electron chi connectivity index (χ0n) is 10.5. The van der Waals surface area contributed by atoms with Crippen LogP contribution in [-0.4, -0.2) is 35.8 Å². The highest BCUT2D eigenvalue weighted by atomic mass is 19.4. The van der Waals surface area contributed by atoms with E-state index in [1.165, 1.54) is 0 Å². The molecule has 0 atom stereocenters. The molecule has 1 aromatic rings. The Kier molecular flexibility index (Phi) is 3.83. The van der Waals surface area contributed by atoms with E-state index in [1.807, 2.05) is 0 Å². The molecule has 0 radical (unpaired) electrons. The molecule has 0 unspecified atom stereocenters. The number of urea groups is 1. The molecule has 1 aliphatic heterocycles. The summed E-state index contributed by atoms with van der Waals surface area (Å²) in [7, 11) is 0. The number of alkyl halides is 3. The lowest BCUT2D eigenvalue weighted by atomic mass is 10.2. The summed E-state index contributed by atoms with van der Waals surface area (Å²) in [6.07, 6.45) is -4.46. The Labute approximate surface area is 116 Å². The minimum atomic E-state index is -4.46. The van der Waals surface area contributed by atoms with E-state index in [0.29, 0.717) is 0 Å². The van der Waals surface area contributed by atoms with Crippen LogP contribution in [0.15, 0.2) is 24.3 Å². The Morgan fingerprint density at radius 1 is 1.24 bits per heavy atom. The summed E-state index contributed by atoms with van der Waals surface area (Å²) < 4.78 is 37.1. The van der Waals surface area contributed by atoms with Crippen LogP contribution in [0.25, 0.3) is 0 Å². The van der Waals surface area contributed by atoms with Crippen molar-refractivity contribution in [2.45, 2.75) is 6.18 Å². The summed E-state index contributed by atoms with van der Waals surface area (Å²) in [6.45, 7) is -0.669. The molecule has 1 aromatic carbocycles. The van der Waals surface area contributed by atoms with Crippen molar-refractivity contribution in [3.05, 3.63) is 29.8 Å². The van der Waals surface area contributed by atoms with Gasteiger partial charge in [-0.2, -0.15) is 13.2 Å². The monoisotopic (exact) mass is 301 g/mol. The molecule has 112 valence electrons. The van der Waals surface area contributed by atoms with E-state index in [2.05, 4.69) is 10.6 Å². The first-order valence-electron chi connectivity index (χ1n) is 5.82. The maximum Gasteiger partial charge on any atom is 0.416 e. The second-order valence-electron chi connectivity index (χ2n) is 4.26. The van der Waals surface area contributed by atoms with E-state index in [4.69, 9.17) is 0 Å². The van der Waals surface area contributed by atoms with Gasteiger partial charge in [0.25, 0.3) is 5.91 Å². The Hall–Kier alpha value is -2.58. The van der Waals surface area contributed by atoms with Crippen LogP contribution in [0.2, 0.25) is 0 Å². The number of hydrogen-bond donors (Lipinski definition) is 2. The molecule has 1 saturated heterocycles. The molecule has 4 amide bonds. The van der Waals surface area contributed by atoms with Crippen molar-refractivity contribution in [2.24, 2.45) is 0 Å². The first-order valence-corrected chi connectivity index (χ1v) is 5.82. The first kappa shape index (κ1) is 14.8. The Morgan fingerprint density at radius 2 is 1.86 bits per heavy atom.